The molecule has 15 heavy (non-hydrogen) atoms. The summed E-state index contributed by atoms with van der Waals surface area (Å²) in [5.41, 5.74) is 5.14. The number of ether oxygens (including phenoxy) is 2. The number of nitrogens with two attached hydrogens (primary N) is 1. The SMILES string of the molecule is COc1cc(OC)c(Cl)c(C(N)=O)c1Cl. The highest BCUT2D eigenvalue weighted by Gasteiger charge is 2.20. The normalized spacial score (nSPS) is 9.87. The van der Waals surface area contributed by atoms with Crippen LogP contribution in [0.5, 0.6) is 11.5 Å². The van der Waals surface area contributed by atoms with Crippen molar-refractivity contribution in [3.63, 3.8) is 0 Å². The molecule has 0 unspecified atom stereocenters. The molecule has 6 heteroatoms. The molecular weight excluding hydrogens is 241 g/mol. The number of rotatable bonds is 3. The molecule has 0 aliphatic heterocycles. The van der Waals surface area contributed by atoms with Crippen LogP contribution in [0.4, 0.5) is 0 Å². The number of primary amides is 1. The van der Waals surface area contributed by atoms with Crippen LogP contribution in [0.2, 0.25) is 10.0 Å². The maximum Gasteiger partial charge on any atom is 0.252 e. The van der Waals surface area contributed by atoms with Gasteiger partial charge in [-0.2, -0.15) is 0 Å². The number of hydrogen-bond acceptors (Lipinski definition) is 3. The Morgan fingerprint density at radius 2 is 1.60 bits per heavy atom. The molecule has 0 fully saturated rings. The summed E-state index contributed by atoms with van der Waals surface area (Å²) < 4.78 is 9.91. The van der Waals surface area contributed by atoms with Crippen molar-refractivity contribution in [2.45, 2.75) is 0 Å². The summed E-state index contributed by atoms with van der Waals surface area (Å²) in [6.45, 7) is 0. The van der Waals surface area contributed by atoms with Crippen molar-refractivity contribution in [1.29, 1.82) is 0 Å². The molecular formula is C9H9Cl2NO3. The van der Waals surface area contributed by atoms with E-state index in [1.807, 2.05) is 0 Å². The smallest absolute Gasteiger partial charge is 0.252 e. The van der Waals surface area contributed by atoms with E-state index in [0.29, 0.717) is 0 Å². The van der Waals surface area contributed by atoms with Crippen molar-refractivity contribution in [1.82, 2.24) is 0 Å². The molecule has 0 saturated heterocycles. The third kappa shape index (κ3) is 2.11. The Bertz CT molecular complexity index is 379. The lowest BCUT2D eigenvalue weighted by atomic mass is 10.2. The molecule has 0 saturated carbocycles. The summed E-state index contributed by atoms with van der Waals surface area (Å²) in [4.78, 5) is 11.1. The Hall–Kier alpha value is -1.13. The summed E-state index contributed by atoms with van der Waals surface area (Å²) in [7, 11) is 2.83. The highest BCUT2D eigenvalue weighted by atomic mass is 35.5. The summed E-state index contributed by atoms with van der Waals surface area (Å²) in [5, 5.41) is 0.159. The summed E-state index contributed by atoms with van der Waals surface area (Å²) in [6.07, 6.45) is 0. The Labute approximate surface area is 96.9 Å². The number of hydrogen-bond donors (Lipinski definition) is 1. The van der Waals surface area contributed by atoms with Gasteiger partial charge in [0.05, 0.1) is 29.8 Å². The molecule has 1 aromatic rings. The van der Waals surface area contributed by atoms with E-state index < -0.39 is 5.91 Å². The lowest BCUT2D eigenvalue weighted by Crippen LogP contribution is -2.13. The van der Waals surface area contributed by atoms with Crippen molar-refractivity contribution in [3.05, 3.63) is 21.7 Å². The van der Waals surface area contributed by atoms with Gasteiger partial charge in [-0.15, -0.1) is 0 Å². The van der Waals surface area contributed by atoms with E-state index in [9.17, 15) is 4.79 Å². The molecule has 0 atom stereocenters. The van der Waals surface area contributed by atoms with Crippen LogP contribution in [0.3, 0.4) is 0 Å². The standard InChI is InChI=1S/C9H9Cl2NO3/c1-14-4-3-5(15-2)8(11)6(7(4)10)9(12)13/h3H,1-2H3,(H2,12,13). The Morgan fingerprint density at radius 3 is 1.87 bits per heavy atom. The van der Waals surface area contributed by atoms with Gasteiger partial charge in [-0.05, 0) is 0 Å². The minimum Gasteiger partial charge on any atom is -0.495 e. The van der Waals surface area contributed by atoms with Crippen LogP contribution in [-0.4, -0.2) is 20.1 Å². The minimum atomic E-state index is -0.734. The molecule has 0 aliphatic rings. The second-order valence-corrected chi connectivity index (χ2v) is 3.40. The topological polar surface area (TPSA) is 61.6 Å². The molecule has 82 valence electrons. The molecule has 1 aromatic carbocycles. The first-order chi connectivity index (χ1) is 7.02. The zero-order chi connectivity index (χ0) is 11.6. The molecule has 4 nitrogen and oxygen atoms in total. The third-order valence-electron chi connectivity index (χ3n) is 1.82. The fourth-order valence-corrected chi connectivity index (χ4v) is 1.79. The van der Waals surface area contributed by atoms with Crippen LogP contribution in [0.1, 0.15) is 10.4 Å². The van der Waals surface area contributed by atoms with Gasteiger partial charge in [0.1, 0.15) is 11.5 Å². The maximum absolute atomic E-state index is 11.1. The molecule has 2 N–H and O–H groups in total. The molecule has 0 heterocycles. The molecule has 1 amide bonds. The van der Waals surface area contributed by atoms with Gasteiger partial charge < -0.3 is 15.2 Å². The lowest BCUT2D eigenvalue weighted by Gasteiger charge is -2.11. The van der Waals surface area contributed by atoms with E-state index in [4.69, 9.17) is 38.4 Å². The van der Waals surface area contributed by atoms with Gasteiger partial charge in [0.15, 0.2) is 0 Å². The number of carbonyl (C=O) groups excluding carboxylic acids is 1. The zero-order valence-electron chi connectivity index (χ0n) is 8.14. The van der Waals surface area contributed by atoms with E-state index in [1.54, 1.807) is 0 Å². The molecule has 0 aromatic heterocycles. The van der Waals surface area contributed by atoms with E-state index in [2.05, 4.69) is 0 Å². The second kappa shape index (κ2) is 4.59. The number of benzene rings is 1. The predicted molar refractivity (Wildman–Crippen MR) is 58.1 cm³/mol. The number of methoxy groups -OCH3 is 2. The van der Waals surface area contributed by atoms with Gasteiger partial charge in [-0.1, -0.05) is 23.2 Å². The minimum absolute atomic E-state index is 0.00506. The molecule has 0 spiro atoms. The Morgan fingerprint density at radius 1 is 1.20 bits per heavy atom. The lowest BCUT2D eigenvalue weighted by molar-refractivity contribution is 0.1000. The Kier molecular flexibility index (Phi) is 3.66. The highest BCUT2D eigenvalue weighted by molar-refractivity contribution is 6.41. The average molecular weight is 250 g/mol. The van der Waals surface area contributed by atoms with Gasteiger partial charge in [0.2, 0.25) is 0 Å². The Balaban J connectivity index is 3.53. The van der Waals surface area contributed by atoms with Crippen molar-refractivity contribution < 1.29 is 14.3 Å². The molecule has 0 bridgehead atoms. The van der Waals surface area contributed by atoms with E-state index in [-0.39, 0.29) is 27.1 Å². The largest absolute Gasteiger partial charge is 0.495 e. The summed E-state index contributed by atoms with van der Waals surface area (Å²) in [5.74, 6) is -0.166. The number of halogens is 2. The fourth-order valence-electron chi connectivity index (χ4n) is 1.10. The van der Waals surface area contributed by atoms with E-state index >= 15 is 0 Å². The molecule has 1 rings (SSSR count). The zero-order valence-corrected chi connectivity index (χ0v) is 9.65. The second-order valence-electron chi connectivity index (χ2n) is 2.65. The molecule has 0 radical (unpaired) electrons. The van der Waals surface area contributed by atoms with Crippen LogP contribution in [-0.2, 0) is 0 Å². The first kappa shape index (κ1) is 11.9. The van der Waals surface area contributed by atoms with Crippen molar-refractivity contribution >= 4 is 29.1 Å². The monoisotopic (exact) mass is 249 g/mol. The van der Waals surface area contributed by atoms with Gasteiger partial charge in [0.25, 0.3) is 5.91 Å². The van der Waals surface area contributed by atoms with Crippen LogP contribution in [0.15, 0.2) is 6.07 Å². The van der Waals surface area contributed by atoms with Crippen molar-refractivity contribution in [2.75, 3.05) is 14.2 Å². The fraction of sp³-hybridized carbons (Fsp3) is 0.222. The molecule has 0 aliphatic carbocycles. The summed E-state index contributed by atoms with van der Waals surface area (Å²) in [6, 6.07) is 1.48. The van der Waals surface area contributed by atoms with E-state index in [0.717, 1.165) is 0 Å². The first-order valence-corrected chi connectivity index (χ1v) is 4.68. The average Bonchev–Trinajstić information content (AvgIpc) is 2.18. The van der Waals surface area contributed by atoms with Crippen LogP contribution >= 0.6 is 23.2 Å². The summed E-state index contributed by atoms with van der Waals surface area (Å²) >= 11 is 11.7. The van der Waals surface area contributed by atoms with Crippen LogP contribution in [0.25, 0.3) is 0 Å². The van der Waals surface area contributed by atoms with Crippen LogP contribution in [0, 0.1) is 0 Å². The number of carbonyl (C=O) groups is 1. The number of amides is 1. The van der Waals surface area contributed by atoms with Gasteiger partial charge in [-0.3, -0.25) is 4.79 Å². The van der Waals surface area contributed by atoms with Crippen molar-refractivity contribution in [2.24, 2.45) is 5.73 Å². The van der Waals surface area contributed by atoms with Crippen molar-refractivity contribution in [3.8, 4) is 11.5 Å². The van der Waals surface area contributed by atoms with Gasteiger partial charge in [0, 0.05) is 6.07 Å². The quantitative estimate of drug-likeness (QED) is 0.893. The van der Waals surface area contributed by atoms with Gasteiger partial charge in [-0.25, -0.2) is 0 Å². The van der Waals surface area contributed by atoms with Gasteiger partial charge >= 0.3 is 0 Å². The predicted octanol–water partition coefficient (Wildman–Crippen LogP) is 2.11. The van der Waals surface area contributed by atoms with E-state index in [1.165, 1.54) is 20.3 Å². The first-order valence-electron chi connectivity index (χ1n) is 3.92. The van der Waals surface area contributed by atoms with Crippen LogP contribution < -0.4 is 15.2 Å². The highest BCUT2D eigenvalue weighted by Crippen LogP contribution is 2.39. The third-order valence-corrected chi connectivity index (χ3v) is 2.57. The maximum atomic E-state index is 11.1.